The molecule has 1 saturated carbocycles. The van der Waals surface area contributed by atoms with Crippen LogP contribution in [0.2, 0.25) is 0 Å². The molecule has 2 aromatic heterocycles. The summed E-state index contributed by atoms with van der Waals surface area (Å²) in [6.45, 7) is 4.97. The maximum atomic E-state index is 12.6. The van der Waals surface area contributed by atoms with E-state index in [1.54, 1.807) is 17.1 Å². The normalized spacial score (nSPS) is 19.1. The summed E-state index contributed by atoms with van der Waals surface area (Å²) in [6.07, 6.45) is 9.63. The number of fused-ring (bicyclic) bond motifs is 1. The molecule has 2 heterocycles. The highest BCUT2D eigenvalue weighted by molar-refractivity contribution is 5.93. The van der Waals surface area contributed by atoms with Crippen molar-refractivity contribution in [1.29, 1.82) is 0 Å². The first-order valence-electron chi connectivity index (χ1n) is 10.8. The van der Waals surface area contributed by atoms with Crippen molar-refractivity contribution in [3.8, 4) is 5.95 Å². The molecule has 0 radical (unpaired) electrons. The summed E-state index contributed by atoms with van der Waals surface area (Å²) in [5.74, 6) is 0.332. The summed E-state index contributed by atoms with van der Waals surface area (Å²) in [5.41, 5.74) is 2.34. The van der Waals surface area contributed by atoms with Crippen molar-refractivity contribution < 1.29 is 9.53 Å². The van der Waals surface area contributed by atoms with Crippen LogP contribution in [-0.2, 0) is 4.74 Å². The van der Waals surface area contributed by atoms with Gasteiger partial charge >= 0.3 is 0 Å². The van der Waals surface area contributed by atoms with E-state index in [1.165, 1.54) is 0 Å². The van der Waals surface area contributed by atoms with Gasteiger partial charge in [0.05, 0.1) is 22.9 Å². The Hall–Kier alpha value is -2.80. The van der Waals surface area contributed by atoms with Crippen molar-refractivity contribution in [3.05, 3.63) is 47.9 Å². The third-order valence-electron chi connectivity index (χ3n) is 5.72. The molecule has 0 saturated heterocycles. The van der Waals surface area contributed by atoms with Crippen LogP contribution >= 0.6 is 0 Å². The first-order valence-corrected chi connectivity index (χ1v) is 10.8. The molecule has 7 nitrogen and oxygen atoms in total. The second kappa shape index (κ2) is 9.34. The lowest BCUT2D eigenvalue weighted by molar-refractivity contribution is 0.0209. The van der Waals surface area contributed by atoms with Gasteiger partial charge in [0.25, 0.3) is 11.9 Å². The van der Waals surface area contributed by atoms with Gasteiger partial charge in [-0.3, -0.25) is 4.79 Å². The lowest BCUT2D eigenvalue weighted by Gasteiger charge is -2.29. The van der Waals surface area contributed by atoms with Gasteiger partial charge in [-0.25, -0.2) is 9.97 Å². The molecule has 0 spiro atoms. The number of carbonyl (C=O) groups is 1. The van der Waals surface area contributed by atoms with E-state index in [4.69, 9.17) is 4.74 Å². The molecule has 4 rings (SSSR count). The maximum Gasteiger partial charge on any atom is 0.254 e. The largest absolute Gasteiger partial charge is 0.378 e. The minimum atomic E-state index is -0.126. The van der Waals surface area contributed by atoms with Crippen molar-refractivity contribution in [3.63, 3.8) is 0 Å². The van der Waals surface area contributed by atoms with E-state index < -0.39 is 0 Å². The third-order valence-corrected chi connectivity index (χ3v) is 5.72. The van der Waals surface area contributed by atoms with Gasteiger partial charge in [-0.05, 0) is 45.1 Å². The van der Waals surface area contributed by atoms with E-state index in [0.717, 1.165) is 61.7 Å². The predicted octanol–water partition coefficient (Wildman–Crippen LogP) is 3.98. The number of carbonyl (C=O) groups excluding carboxylic acids is 1. The van der Waals surface area contributed by atoms with Gasteiger partial charge < -0.3 is 10.1 Å². The quantitative estimate of drug-likeness (QED) is 0.599. The first-order chi connectivity index (χ1) is 14.7. The summed E-state index contributed by atoms with van der Waals surface area (Å²) < 4.78 is 7.62. The number of hydrogen-bond acceptors (Lipinski definition) is 5. The van der Waals surface area contributed by atoms with Crippen LogP contribution in [0.1, 0.15) is 61.5 Å². The Bertz CT molecular complexity index is 991. The molecule has 0 atom stereocenters. The molecule has 1 amide bonds. The summed E-state index contributed by atoms with van der Waals surface area (Å²) in [7, 11) is 0. The molecule has 3 aromatic rings. The lowest BCUT2D eigenvalue weighted by atomic mass is 9.93. The molecule has 1 aromatic carbocycles. The smallest absolute Gasteiger partial charge is 0.254 e. The minimum absolute atomic E-state index is 0.126. The van der Waals surface area contributed by atoms with Crippen LogP contribution in [0.3, 0.4) is 0 Å². The van der Waals surface area contributed by atoms with Crippen LogP contribution in [0.15, 0.2) is 36.7 Å². The number of hydrogen-bond donors (Lipinski definition) is 1. The molecule has 7 heteroatoms. The van der Waals surface area contributed by atoms with Crippen LogP contribution in [-0.4, -0.2) is 44.4 Å². The fourth-order valence-electron chi connectivity index (χ4n) is 3.96. The van der Waals surface area contributed by atoms with Gasteiger partial charge in [-0.2, -0.15) is 9.78 Å². The standard InChI is InChI=1S/C23H29N5O2/c1-3-4-13-30-19-11-9-18(10-12-19)26-22(29)17-14-24-23(25-15-17)28-21-8-6-5-7-20(21)16(2)27-28/h5-8,14-15,18-19H,3-4,9-13H2,1-2H3,(H,26,29). The van der Waals surface area contributed by atoms with Crippen LogP contribution in [0, 0.1) is 6.92 Å². The summed E-state index contributed by atoms with van der Waals surface area (Å²) in [4.78, 5) is 21.4. The van der Waals surface area contributed by atoms with Gasteiger partial charge in [-0.1, -0.05) is 31.5 Å². The number of unbranched alkanes of at least 4 members (excludes halogenated alkanes) is 1. The van der Waals surface area contributed by atoms with E-state index in [9.17, 15) is 4.79 Å². The summed E-state index contributed by atoms with van der Waals surface area (Å²) in [5, 5.41) is 8.73. The number of benzene rings is 1. The van der Waals surface area contributed by atoms with Crippen LogP contribution in [0.5, 0.6) is 0 Å². The lowest BCUT2D eigenvalue weighted by Crippen LogP contribution is -2.39. The van der Waals surface area contributed by atoms with Crippen molar-refractivity contribution >= 4 is 16.8 Å². The van der Waals surface area contributed by atoms with Gasteiger partial charge in [-0.15, -0.1) is 0 Å². The number of aryl methyl sites for hydroxylation is 1. The van der Waals surface area contributed by atoms with Crippen molar-refractivity contribution in [2.45, 2.75) is 64.5 Å². The number of ether oxygens (including phenoxy) is 1. The average molecular weight is 408 g/mol. The Morgan fingerprint density at radius 1 is 1.17 bits per heavy atom. The molecule has 30 heavy (non-hydrogen) atoms. The van der Waals surface area contributed by atoms with E-state index in [2.05, 4.69) is 27.3 Å². The molecule has 0 bridgehead atoms. The van der Waals surface area contributed by atoms with Crippen molar-refractivity contribution in [2.24, 2.45) is 0 Å². The number of nitrogens with one attached hydrogen (secondary N) is 1. The Labute approximate surface area is 176 Å². The van der Waals surface area contributed by atoms with Crippen molar-refractivity contribution in [1.82, 2.24) is 25.1 Å². The molecule has 0 unspecified atom stereocenters. The van der Waals surface area contributed by atoms with E-state index in [1.807, 2.05) is 31.2 Å². The van der Waals surface area contributed by atoms with Crippen LogP contribution in [0.25, 0.3) is 16.9 Å². The van der Waals surface area contributed by atoms with Gasteiger partial charge in [0.15, 0.2) is 0 Å². The fourth-order valence-corrected chi connectivity index (χ4v) is 3.96. The molecular weight excluding hydrogens is 378 g/mol. The molecule has 1 aliphatic carbocycles. The zero-order chi connectivity index (χ0) is 20.9. The molecule has 0 aliphatic heterocycles. The first kappa shape index (κ1) is 20.5. The van der Waals surface area contributed by atoms with Crippen molar-refractivity contribution in [2.75, 3.05) is 6.61 Å². The Balaban J connectivity index is 1.36. The summed E-state index contributed by atoms with van der Waals surface area (Å²) >= 11 is 0. The molecule has 158 valence electrons. The number of rotatable bonds is 7. The Morgan fingerprint density at radius 3 is 2.63 bits per heavy atom. The van der Waals surface area contributed by atoms with Crippen LogP contribution in [0.4, 0.5) is 0 Å². The molecule has 1 N–H and O–H groups in total. The maximum absolute atomic E-state index is 12.6. The highest BCUT2D eigenvalue weighted by Crippen LogP contribution is 2.22. The topological polar surface area (TPSA) is 81.9 Å². The van der Waals surface area contributed by atoms with E-state index in [0.29, 0.717) is 17.6 Å². The average Bonchev–Trinajstić information content (AvgIpc) is 3.12. The molecular formula is C23H29N5O2. The number of para-hydroxylation sites is 1. The van der Waals surface area contributed by atoms with E-state index in [-0.39, 0.29) is 11.9 Å². The highest BCUT2D eigenvalue weighted by Gasteiger charge is 2.23. The monoisotopic (exact) mass is 407 g/mol. The zero-order valence-corrected chi connectivity index (χ0v) is 17.7. The second-order valence-electron chi connectivity index (χ2n) is 7.96. The summed E-state index contributed by atoms with van der Waals surface area (Å²) in [6, 6.07) is 8.15. The molecule has 1 fully saturated rings. The van der Waals surface area contributed by atoms with Gasteiger partial charge in [0, 0.05) is 30.4 Å². The Kier molecular flexibility index (Phi) is 6.38. The Morgan fingerprint density at radius 2 is 1.90 bits per heavy atom. The second-order valence-corrected chi connectivity index (χ2v) is 7.96. The number of aromatic nitrogens is 4. The third kappa shape index (κ3) is 4.51. The van der Waals surface area contributed by atoms with Gasteiger partial charge in [0.1, 0.15) is 0 Å². The SMILES string of the molecule is CCCCOC1CCC(NC(=O)c2cnc(-n3nc(C)c4ccccc43)nc2)CC1. The van der Waals surface area contributed by atoms with E-state index >= 15 is 0 Å². The fraction of sp³-hybridized carbons (Fsp3) is 0.478. The minimum Gasteiger partial charge on any atom is -0.378 e. The molecule has 1 aliphatic rings. The number of amides is 1. The predicted molar refractivity (Wildman–Crippen MR) is 116 cm³/mol. The highest BCUT2D eigenvalue weighted by atomic mass is 16.5. The van der Waals surface area contributed by atoms with Gasteiger partial charge in [0.2, 0.25) is 0 Å². The number of nitrogens with zero attached hydrogens (tertiary/aromatic N) is 4. The zero-order valence-electron chi connectivity index (χ0n) is 17.7. The van der Waals surface area contributed by atoms with Crippen LogP contribution < -0.4 is 5.32 Å².